The van der Waals surface area contributed by atoms with E-state index in [2.05, 4.69) is 0 Å². The van der Waals surface area contributed by atoms with Gasteiger partial charge in [0.1, 0.15) is 35.0 Å². The van der Waals surface area contributed by atoms with Crippen LogP contribution in [0.4, 0.5) is 0 Å². The molecular formula is C18H22O8. The van der Waals surface area contributed by atoms with Gasteiger partial charge >= 0.3 is 5.97 Å². The number of carbonyl (C=O) groups is 2. The van der Waals surface area contributed by atoms with Crippen LogP contribution in [0.3, 0.4) is 0 Å². The van der Waals surface area contributed by atoms with E-state index < -0.39 is 35.8 Å². The Kier molecular flexibility index (Phi) is 6.23. The second kappa shape index (κ2) is 8.20. The molecule has 0 saturated carbocycles. The third-order valence-corrected chi connectivity index (χ3v) is 3.90. The first-order chi connectivity index (χ1) is 12.2. The molecular weight excluding hydrogens is 344 g/mol. The van der Waals surface area contributed by atoms with E-state index >= 15 is 0 Å². The maximum absolute atomic E-state index is 12.4. The first-order valence-electron chi connectivity index (χ1n) is 8.16. The Morgan fingerprint density at radius 1 is 1.15 bits per heavy atom. The number of carbonyl (C=O) groups excluding carboxylic acids is 2. The van der Waals surface area contributed by atoms with Gasteiger partial charge in [0.2, 0.25) is 0 Å². The molecule has 0 aromatic heterocycles. The van der Waals surface area contributed by atoms with Crippen molar-refractivity contribution in [2.45, 2.75) is 45.0 Å². The largest absolute Gasteiger partial charge is 0.508 e. The summed E-state index contributed by atoms with van der Waals surface area (Å²) in [5.74, 6) is -2.45. The first-order valence-corrected chi connectivity index (χ1v) is 8.16. The Balaban J connectivity index is 2.38. The molecule has 1 aliphatic heterocycles. The van der Waals surface area contributed by atoms with E-state index in [1.165, 1.54) is 6.08 Å². The summed E-state index contributed by atoms with van der Waals surface area (Å²) in [7, 11) is 0. The number of cyclic esters (lactones) is 1. The lowest BCUT2D eigenvalue weighted by Crippen LogP contribution is -2.34. The van der Waals surface area contributed by atoms with Crippen molar-refractivity contribution in [3.63, 3.8) is 0 Å². The van der Waals surface area contributed by atoms with Crippen molar-refractivity contribution in [3.05, 3.63) is 29.3 Å². The molecule has 2 rings (SSSR count). The van der Waals surface area contributed by atoms with Gasteiger partial charge in [0, 0.05) is 25.0 Å². The molecule has 1 aliphatic rings. The van der Waals surface area contributed by atoms with Crippen LogP contribution in [0.5, 0.6) is 17.2 Å². The van der Waals surface area contributed by atoms with Crippen LogP contribution in [0.25, 0.3) is 0 Å². The number of aliphatic hydroxyl groups excluding tert-OH is 2. The van der Waals surface area contributed by atoms with Gasteiger partial charge in [-0.3, -0.25) is 4.79 Å². The fraction of sp³-hybridized carbons (Fsp3) is 0.444. The molecule has 0 radical (unpaired) electrons. The van der Waals surface area contributed by atoms with E-state index in [0.717, 1.165) is 12.1 Å². The minimum absolute atomic E-state index is 0.110. The van der Waals surface area contributed by atoms with Crippen molar-refractivity contribution < 1.29 is 39.5 Å². The zero-order chi connectivity index (χ0) is 19.4. The molecule has 0 fully saturated rings. The number of esters is 1. The fourth-order valence-electron chi connectivity index (χ4n) is 2.67. The highest BCUT2D eigenvalue weighted by Gasteiger charge is 2.26. The van der Waals surface area contributed by atoms with Crippen molar-refractivity contribution in [1.29, 1.82) is 0 Å². The average Bonchev–Trinajstić information content (AvgIpc) is 2.51. The van der Waals surface area contributed by atoms with Gasteiger partial charge in [-0.05, 0) is 19.9 Å². The van der Waals surface area contributed by atoms with E-state index in [0.29, 0.717) is 5.57 Å². The lowest BCUT2D eigenvalue weighted by atomic mass is 10.0. The minimum Gasteiger partial charge on any atom is -0.508 e. The number of aliphatic hydroxyl groups is 2. The van der Waals surface area contributed by atoms with Gasteiger partial charge in [-0.1, -0.05) is 5.57 Å². The Morgan fingerprint density at radius 3 is 2.54 bits per heavy atom. The third-order valence-electron chi connectivity index (χ3n) is 3.90. The highest BCUT2D eigenvalue weighted by atomic mass is 16.5. The number of rotatable bonds is 0. The van der Waals surface area contributed by atoms with Crippen LogP contribution < -0.4 is 4.74 Å². The van der Waals surface area contributed by atoms with Gasteiger partial charge in [-0.25, -0.2) is 4.79 Å². The third kappa shape index (κ3) is 4.74. The molecule has 8 nitrogen and oxygen atoms in total. The van der Waals surface area contributed by atoms with Crippen molar-refractivity contribution in [2.75, 3.05) is 6.61 Å². The number of phenolic OH excluding ortho intramolecular Hbond substituents is 2. The lowest BCUT2D eigenvalue weighted by molar-refractivity contribution is -0.128. The van der Waals surface area contributed by atoms with Crippen molar-refractivity contribution >= 4 is 11.8 Å². The van der Waals surface area contributed by atoms with Crippen LogP contribution in [-0.4, -0.2) is 57.1 Å². The number of hydrogen-bond acceptors (Lipinski definition) is 8. The molecule has 0 bridgehead atoms. The smallest absolute Gasteiger partial charge is 0.346 e. The van der Waals surface area contributed by atoms with E-state index in [9.17, 15) is 30.0 Å². The number of ketones is 1. The SMILES string of the molecule is C/C1=C/C(=O)[C@@H](O)[C@@H](O)CCOc2cc(O)cc(O)c2C(=O)O[C@@H](C)C1. The van der Waals surface area contributed by atoms with Crippen LogP contribution in [0.15, 0.2) is 23.8 Å². The quantitative estimate of drug-likeness (QED) is 0.501. The van der Waals surface area contributed by atoms with Gasteiger partial charge in [0.05, 0.1) is 12.7 Å². The van der Waals surface area contributed by atoms with Crippen LogP contribution >= 0.6 is 0 Å². The van der Waals surface area contributed by atoms with Crippen molar-refractivity contribution in [3.8, 4) is 17.2 Å². The summed E-state index contributed by atoms with van der Waals surface area (Å²) in [5, 5.41) is 39.4. The maximum atomic E-state index is 12.4. The maximum Gasteiger partial charge on any atom is 0.346 e. The predicted molar refractivity (Wildman–Crippen MR) is 90.2 cm³/mol. The summed E-state index contributed by atoms with van der Waals surface area (Å²) >= 11 is 0. The molecule has 4 N–H and O–H groups in total. The Bertz CT molecular complexity index is 724. The van der Waals surface area contributed by atoms with Gasteiger partial charge in [-0.2, -0.15) is 0 Å². The normalized spacial score (nSPS) is 27.4. The Morgan fingerprint density at radius 2 is 1.85 bits per heavy atom. The average molecular weight is 366 g/mol. The van der Waals surface area contributed by atoms with E-state index in [4.69, 9.17) is 9.47 Å². The summed E-state index contributed by atoms with van der Waals surface area (Å²) in [5.41, 5.74) is 0.310. The summed E-state index contributed by atoms with van der Waals surface area (Å²) in [4.78, 5) is 24.3. The molecule has 1 aromatic carbocycles. The molecule has 8 heteroatoms. The van der Waals surface area contributed by atoms with E-state index in [1.807, 2.05) is 0 Å². The fourth-order valence-corrected chi connectivity index (χ4v) is 2.67. The molecule has 1 aromatic rings. The van der Waals surface area contributed by atoms with Gasteiger partial charge in [0.25, 0.3) is 0 Å². The lowest BCUT2D eigenvalue weighted by Gasteiger charge is -2.20. The minimum atomic E-state index is -1.61. The monoisotopic (exact) mass is 366 g/mol. The van der Waals surface area contributed by atoms with Gasteiger partial charge in [0.15, 0.2) is 5.78 Å². The van der Waals surface area contributed by atoms with Gasteiger partial charge in [-0.15, -0.1) is 0 Å². The molecule has 0 unspecified atom stereocenters. The molecule has 0 amide bonds. The second-order valence-electron chi connectivity index (χ2n) is 6.30. The highest BCUT2D eigenvalue weighted by Crippen LogP contribution is 2.34. The number of hydrogen-bond donors (Lipinski definition) is 4. The summed E-state index contributed by atoms with van der Waals surface area (Å²) < 4.78 is 10.6. The number of ether oxygens (including phenoxy) is 2. The van der Waals surface area contributed by atoms with Crippen molar-refractivity contribution in [1.82, 2.24) is 0 Å². The van der Waals surface area contributed by atoms with Gasteiger partial charge < -0.3 is 29.9 Å². The summed E-state index contributed by atoms with van der Waals surface area (Å²) in [6.45, 7) is 3.07. The standard InChI is InChI=1S/C18H22O8/c1-9-5-10(2)26-18(24)16-13(21)7-11(19)8-15(16)25-4-3-12(20)17(23)14(22)6-9/h6-8,10,12,17,19-21,23H,3-5H2,1-2H3/b9-6-/t10-,12-,17-/m0/s1. The molecule has 0 saturated heterocycles. The zero-order valence-corrected chi connectivity index (χ0v) is 14.5. The molecule has 26 heavy (non-hydrogen) atoms. The predicted octanol–water partition coefficient (Wildman–Crippen LogP) is 1.05. The Hall–Kier alpha value is -2.58. The molecule has 1 heterocycles. The first kappa shape index (κ1) is 19.7. The number of phenols is 2. The molecule has 3 atom stereocenters. The molecule has 0 spiro atoms. The van der Waals surface area contributed by atoms with Crippen LogP contribution in [0.2, 0.25) is 0 Å². The number of fused-ring (bicyclic) bond motifs is 1. The van der Waals surface area contributed by atoms with Crippen molar-refractivity contribution in [2.24, 2.45) is 0 Å². The highest BCUT2D eigenvalue weighted by molar-refractivity contribution is 5.96. The van der Waals surface area contributed by atoms with Crippen LogP contribution in [0, 0.1) is 0 Å². The molecule has 142 valence electrons. The molecule has 0 aliphatic carbocycles. The summed E-state index contributed by atoms with van der Waals surface area (Å²) in [6.07, 6.45) is -2.29. The number of benzene rings is 1. The summed E-state index contributed by atoms with van der Waals surface area (Å²) in [6, 6.07) is 2.12. The zero-order valence-electron chi connectivity index (χ0n) is 14.5. The van der Waals surface area contributed by atoms with Crippen LogP contribution in [0.1, 0.15) is 37.0 Å². The van der Waals surface area contributed by atoms with E-state index in [1.54, 1.807) is 13.8 Å². The Labute approximate surface area is 150 Å². The van der Waals surface area contributed by atoms with E-state index in [-0.39, 0.29) is 36.5 Å². The topological polar surface area (TPSA) is 134 Å². The number of aromatic hydroxyl groups is 2. The second-order valence-corrected chi connectivity index (χ2v) is 6.30. The van der Waals surface area contributed by atoms with Crippen LogP contribution in [-0.2, 0) is 9.53 Å².